The molecular formula is C24H29N5O2S. The third kappa shape index (κ3) is 3.76. The van der Waals surface area contributed by atoms with Gasteiger partial charge >= 0.3 is 0 Å². The van der Waals surface area contributed by atoms with E-state index in [0.717, 1.165) is 52.3 Å². The molecule has 7 nitrogen and oxygen atoms in total. The Bertz CT molecular complexity index is 1360. The van der Waals surface area contributed by atoms with Crippen molar-refractivity contribution in [2.24, 2.45) is 5.92 Å². The Balaban J connectivity index is 1.54. The number of aryl methyl sites for hydroxylation is 2. The molecular weight excluding hydrogens is 422 g/mol. The normalized spacial score (nSPS) is 17.7. The summed E-state index contributed by atoms with van der Waals surface area (Å²) in [5.41, 5.74) is 1.47. The van der Waals surface area contributed by atoms with Crippen molar-refractivity contribution in [3.05, 3.63) is 45.1 Å². The van der Waals surface area contributed by atoms with Crippen LogP contribution in [0.4, 0.5) is 5.82 Å². The highest BCUT2D eigenvalue weighted by Crippen LogP contribution is 2.29. The van der Waals surface area contributed by atoms with Crippen LogP contribution in [0.2, 0.25) is 0 Å². The molecule has 8 heteroatoms. The number of anilines is 1. The van der Waals surface area contributed by atoms with Gasteiger partial charge in [0.05, 0.1) is 18.1 Å². The summed E-state index contributed by atoms with van der Waals surface area (Å²) >= 11 is 1.56. The van der Waals surface area contributed by atoms with Gasteiger partial charge in [-0.1, -0.05) is 38.1 Å². The largest absolute Gasteiger partial charge is 0.374 e. The minimum atomic E-state index is -0.113. The van der Waals surface area contributed by atoms with Crippen LogP contribution in [0.15, 0.2) is 29.1 Å². The summed E-state index contributed by atoms with van der Waals surface area (Å²) in [7, 11) is 0. The molecule has 1 saturated heterocycles. The maximum Gasteiger partial charge on any atom is 0.283 e. The fraction of sp³-hybridized carbons (Fsp3) is 0.458. The molecule has 3 aromatic heterocycles. The fourth-order valence-corrected chi connectivity index (χ4v) is 5.54. The molecule has 0 amide bonds. The summed E-state index contributed by atoms with van der Waals surface area (Å²) in [6.45, 7) is 12.8. The second kappa shape index (κ2) is 8.42. The predicted molar refractivity (Wildman–Crippen MR) is 131 cm³/mol. The van der Waals surface area contributed by atoms with E-state index in [9.17, 15) is 4.79 Å². The van der Waals surface area contributed by atoms with Crippen LogP contribution in [0.25, 0.3) is 26.6 Å². The summed E-state index contributed by atoms with van der Waals surface area (Å²) < 4.78 is 7.46. The van der Waals surface area contributed by atoms with Crippen molar-refractivity contribution in [2.45, 2.75) is 33.8 Å². The summed E-state index contributed by atoms with van der Waals surface area (Å²) in [5, 5.41) is 10.7. The van der Waals surface area contributed by atoms with E-state index in [4.69, 9.17) is 14.8 Å². The molecule has 168 valence electrons. The van der Waals surface area contributed by atoms with Crippen LogP contribution in [0.1, 0.15) is 24.3 Å². The molecule has 1 N–H and O–H groups in total. The molecule has 0 aliphatic carbocycles. The molecule has 0 radical (unpaired) electrons. The van der Waals surface area contributed by atoms with Gasteiger partial charge in [0.1, 0.15) is 4.83 Å². The molecule has 1 unspecified atom stereocenters. The highest BCUT2D eigenvalue weighted by molar-refractivity contribution is 7.18. The van der Waals surface area contributed by atoms with Crippen LogP contribution in [0.3, 0.4) is 0 Å². The third-order valence-corrected chi connectivity index (χ3v) is 7.25. The summed E-state index contributed by atoms with van der Waals surface area (Å²) in [6, 6.07) is 7.99. The van der Waals surface area contributed by atoms with E-state index < -0.39 is 0 Å². The Morgan fingerprint density at radius 2 is 2.03 bits per heavy atom. The zero-order chi connectivity index (χ0) is 22.4. The van der Waals surface area contributed by atoms with E-state index in [2.05, 4.69) is 24.1 Å². The molecule has 4 heterocycles. The van der Waals surface area contributed by atoms with Crippen molar-refractivity contribution in [1.29, 1.82) is 0 Å². The first-order valence-corrected chi connectivity index (χ1v) is 12.0. The minimum absolute atomic E-state index is 0.0813. The summed E-state index contributed by atoms with van der Waals surface area (Å²) in [6.07, 6.45) is 0.0813. The van der Waals surface area contributed by atoms with Crippen LogP contribution in [-0.4, -0.2) is 58.4 Å². The number of nitrogens with zero attached hydrogens (tertiary/aromatic N) is 4. The molecule has 1 aromatic carbocycles. The lowest BCUT2D eigenvalue weighted by molar-refractivity contribution is -0.0244. The van der Waals surface area contributed by atoms with Crippen molar-refractivity contribution in [3.63, 3.8) is 0 Å². The van der Waals surface area contributed by atoms with Crippen LogP contribution >= 0.6 is 11.3 Å². The molecule has 0 saturated carbocycles. The molecule has 1 fully saturated rings. The van der Waals surface area contributed by atoms with Gasteiger partial charge in [0, 0.05) is 41.8 Å². The lowest BCUT2D eigenvalue weighted by Gasteiger charge is -2.34. The van der Waals surface area contributed by atoms with Gasteiger partial charge in [0.15, 0.2) is 11.5 Å². The number of benzene rings is 1. The first kappa shape index (κ1) is 21.3. The van der Waals surface area contributed by atoms with Crippen LogP contribution in [-0.2, 0) is 4.74 Å². The van der Waals surface area contributed by atoms with Gasteiger partial charge in [0.25, 0.3) is 5.56 Å². The number of ether oxygens (including phenoxy) is 1. The molecule has 1 aliphatic rings. The second-order valence-corrected chi connectivity index (χ2v) is 10.2. The maximum atomic E-state index is 13.4. The smallest absolute Gasteiger partial charge is 0.283 e. The van der Waals surface area contributed by atoms with E-state index in [0.29, 0.717) is 29.3 Å². The molecule has 4 aromatic rings. The number of aromatic nitrogens is 3. The van der Waals surface area contributed by atoms with Crippen LogP contribution in [0, 0.1) is 19.8 Å². The Kier molecular flexibility index (Phi) is 5.61. The third-order valence-electron chi connectivity index (χ3n) is 6.15. The Labute approximate surface area is 191 Å². The van der Waals surface area contributed by atoms with Crippen LogP contribution < -0.4 is 10.9 Å². The van der Waals surface area contributed by atoms with E-state index >= 15 is 0 Å². The number of morpholine rings is 1. The van der Waals surface area contributed by atoms with E-state index in [1.165, 1.54) is 4.52 Å². The monoisotopic (exact) mass is 451 g/mol. The van der Waals surface area contributed by atoms with Crippen molar-refractivity contribution in [1.82, 2.24) is 19.5 Å². The van der Waals surface area contributed by atoms with E-state index in [-0.39, 0.29) is 11.7 Å². The number of fused-ring (bicyclic) bond motifs is 4. The quantitative estimate of drug-likeness (QED) is 0.465. The molecule has 0 bridgehead atoms. The zero-order valence-electron chi connectivity index (χ0n) is 19.0. The number of nitrogens with one attached hydrogen (secondary N) is 1. The summed E-state index contributed by atoms with van der Waals surface area (Å²) in [4.78, 5) is 22.6. The van der Waals surface area contributed by atoms with Crippen LogP contribution in [0.5, 0.6) is 0 Å². The van der Waals surface area contributed by atoms with Gasteiger partial charge in [0.2, 0.25) is 0 Å². The van der Waals surface area contributed by atoms with Crippen molar-refractivity contribution < 1.29 is 4.74 Å². The van der Waals surface area contributed by atoms with Crippen molar-refractivity contribution >= 4 is 43.8 Å². The highest BCUT2D eigenvalue weighted by Gasteiger charge is 2.22. The number of rotatable bonds is 5. The first-order valence-electron chi connectivity index (χ1n) is 11.2. The van der Waals surface area contributed by atoms with Gasteiger partial charge in [-0.2, -0.15) is 4.52 Å². The van der Waals surface area contributed by atoms with Crippen molar-refractivity contribution in [3.8, 4) is 0 Å². The zero-order valence-corrected chi connectivity index (χ0v) is 19.8. The molecule has 5 rings (SSSR count). The topological polar surface area (TPSA) is 71.8 Å². The predicted octanol–water partition coefficient (Wildman–Crippen LogP) is 3.84. The average molecular weight is 452 g/mol. The minimum Gasteiger partial charge on any atom is -0.374 e. The number of hydrogen-bond acceptors (Lipinski definition) is 7. The Hall–Kier alpha value is -2.55. The Morgan fingerprint density at radius 3 is 2.81 bits per heavy atom. The fourth-order valence-electron chi connectivity index (χ4n) is 4.52. The molecule has 32 heavy (non-hydrogen) atoms. The lowest BCUT2D eigenvalue weighted by Crippen LogP contribution is -2.46. The van der Waals surface area contributed by atoms with Crippen molar-refractivity contribution in [2.75, 3.05) is 38.1 Å². The number of thiophene rings is 1. The van der Waals surface area contributed by atoms with Gasteiger partial charge in [-0.15, -0.1) is 16.4 Å². The standard InChI is InChI=1S/C24H29N5O2S/c1-14(2)12-28-9-10-31-17(13-28)11-25-21-18-7-5-6-8-19(18)22-26-23-20(15(3)16(4)32-23)24(30)29(22)27-21/h5-8,14,17H,9-13H2,1-4H3,(H,25,27). The maximum absolute atomic E-state index is 13.4. The molecule has 0 spiro atoms. The van der Waals surface area contributed by atoms with Gasteiger partial charge in [-0.3, -0.25) is 9.69 Å². The summed E-state index contributed by atoms with van der Waals surface area (Å²) in [5.74, 6) is 1.32. The van der Waals surface area contributed by atoms with Gasteiger partial charge in [-0.05, 0) is 25.3 Å². The SMILES string of the molecule is Cc1sc2nc3c4ccccc4c(NCC4CN(CC(C)C)CCO4)nn3c(=O)c2c1C. The molecule has 1 atom stereocenters. The molecule has 1 aliphatic heterocycles. The first-order chi connectivity index (χ1) is 15.4. The van der Waals surface area contributed by atoms with E-state index in [1.807, 2.05) is 38.1 Å². The van der Waals surface area contributed by atoms with Gasteiger partial charge < -0.3 is 10.1 Å². The highest BCUT2D eigenvalue weighted by atomic mass is 32.1. The number of hydrogen-bond donors (Lipinski definition) is 1. The van der Waals surface area contributed by atoms with Gasteiger partial charge in [-0.25, -0.2) is 4.98 Å². The Morgan fingerprint density at radius 1 is 1.25 bits per heavy atom. The second-order valence-electron chi connectivity index (χ2n) is 9.04. The average Bonchev–Trinajstić information content (AvgIpc) is 3.06. The lowest BCUT2D eigenvalue weighted by atomic mass is 10.1. The van der Waals surface area contributed by atoms with E-state index in [1.54, 1.807) is 11.3 Å².